The lowest BCUT2D eigenvalue weighted by molar-refractivity contribution is -0.140. The van der Waals surface area contributed by atoms with Gasteiger partial charge in [-0.15, -0.1) is 11.8 Å². The molecule has 0 bridgehead atoms. The van der Waals surface area contributed by atoms with Crippen LogP contribution in [-0.2, 0) is 9.59 Å². The van der Waals surface area contributed by atoms with Gasteiger partial charge in [0.1, 0.15) is 6.04 Å². The van der Waals surface area contributed by atoms with Crippen LogP contribution in [0.4, 0.5) is 5.69 Å². The van der Waals surface area contributed by atoms with Gasteiger partial charge in [0.05, 0.1) is 0 Å². The van der Waals surface area contributed by atoms with Gasteiger partial charge in [-0.25, -0.2) is 4.79 Å². The zero-order chi connectivity index (χ0) is 13.7. The highest BCUT2D eigenvalue weighted by molar-refractivity contribution is 7.99. The Balaban J connectivity index is 2.69. The Hall–Kier alpha value is -1.69. The summed E-state index contributed by atoms with van der Waals surface area (Å²) >= 11 is 1.36. The summed E-state index contributed by atoms with van der Waals surface area (Å²) in [7, 11) is 0. The number of aliphatic carboxylic acids is 1. The van der Waals surface area contributed by atoms with Crippen LogP contribution in [0.15, 0.2) is 23.1 Å². The molecule has 1 atom stereocenters. The van der Waals surface area contributed by atoms with Crippen LogP contribution >= 0.6 is 11.8 Å². The van der Waals surface area contributed by atoms with Gasteiger partial charge >= 0.3 is 5.97 Å². The minimum Gasteiger partial charge on any atom is -0.480 e. The van der Waals surface area contributed by atoms with Gasteiger partial charge in [-0.1, -0.05) is 6.07 Å². The summed E-state index contributed by atoms with van der Waals surface area (Å²) in [6, 6.07) is 4.58. The number of rotatable bonds is 5. The number of hydrogen-bond donors (Lipinski definition) is 3. The quantitative estimate of drug-likeness (QED) is 0.552. The SMILES string of the molecule is CC(=O)NC(CSc1cc(N)ccc1C)C(=O)O. The summed E-state index contributed by atoms with van der Waals surface area (Å²) in [5.41, 5.74) is 7.34. The van der Waals surface area contributed by atoms with Gasteiger partial charge in [0.15, 0.2) is 0 Å². The number of nitrogens with one attached hydrogen (secondary N) is 1. The minimum absolute atomic E-state index is 0.263. The summed E-state index contributed by atoms with van der Waals surface area (Å²) in [6.07, 6.45) is 0. The van der Waals surface area contributed by atoms with Crippen molar-refractivity contribution < 1.29 is 14.7 Å². The average Bonchev–Trinajstić information content (AvgIpc) is 2.27. The molecule has 0 heterocycles. The highest BCUT2D eigenvalue weighted by Crippen LogP contribution is 2.25. The third kappa shape index (κ3) is 4.29. The second-order valence-electron chi connectivity index (χ2n) is 3.93. The van der Waals surface area contributed by atoms with Gasteiger partial charge < -0.3 is 16.2 Å². The molecule has 4 N–H and O–H groups in total. The fourth-order valence-corrected chi connectivity index (χ4v) is 2.45. The van der Waals surface area contributed by atoms with Crippen LogP contribution in [0.5, 0.6) is 0 Å². The van der Waals surface area contributed by atoms with Crippen LogP contribution in [-0.4, -0.2) is 28.8 Å². The summed E-state index contributed by atoms with van der Waals surface area (Å²) < 4.78 is 0. The summed E-state index contributed by atoms with van der Waals surface area (Å²) in [6.45, 7) is 3.22. The average molecular weight is 268 g/mol. The first kappa shape index (κ1) is 14.4. The van der Waals surface area contributed by atoms with E-state index in [4.69, 9.17) is 10.8 Å². The molecule has 6 heteroatoms. The molecule has 0 saturated carbocycles. The zero-order valence-corrected chi connectivity index (χ0v) is 11.1. The number of hydrogen-bond acceptors (Lipinski definition) is 4. The number of carboxylic acids is 1. The Bertz CT molecular complexity index is 463. The summed E-state index contributed by atoms with van der Waals surface area (Å²) in [5.74, 6) is -1.13. The molecule has 0 aliphatic rings. The fraction of sp³-hybridized carbons (Fsp3) is 0.333. The van der Waals surface area contributed by atoms with Crippen molar-refractivity contribution in [2.45, 2.75) is 24.8 Å². The first-order chi connectivity index (χ1) is 8.40. The molecule has 5 nitrogen and oxygen atoms in total. The third-order valence-electron chi connectivity index (χ3n) is 2.29. The number of aryl methyl sites for hydroxylation is 1. The first-order valence-corrected chi connectivity index (χ1v) is 6.37. The molecule has 1 amide bonds. The monoisotopic (exact) mass is 268 g/mol. The van der Waals surface area contributed by atoms with Crippen LogP contribution in [0.2, 0.25) is 0 Å². The van der Waals surface area contributed by atoms with Crippen molar-refractivity contribution in [3.8, 4) is 0 Å². The minimum atomic E-state index is -1.04. The number of carbonyl (C=O) groups excluding carboxylic acids is 1. The Kier molecular flexibility index (Phi) is 5.03. The van der Waals surface area contributed by atoms with Crippen molar-refractivity contribution >= 4 is 29.3 Å². The predicted octanol–water partition coefficient (Wildman–Crippen LogP) is 1.26. The highest BCUT2D eigenvalue weighted by Gasteiger charge is 2.18. The van der Waals surface area contributed by atoms with Crippen LogP contribution in [0.1, 0.15) is 12.5 Å². The van der Waals surface area contributed by atoms with Crippen molar-refractivity contribution in [1.29, 1.82) is 0 Å². The predicted molar refractivity (Wildman–Crippen MR) is 71.6 cm³/mol. The van der Waals surface area contributed by atoms with Gasteiger partial charge in [0.2, 0.25) is 5.91 Å². The van der Waals surface area contributed by atoms with Crippen LogP contribution in [0.25, 0.3) is 0 Å². The number of anilines is 1. The number of carbonyl (C=O) groups is 2. The highest BCUT2D eigenvalue weighted by atomic mass is 32.2. The number of nitrogens with two attached hydrogens (primary N) is 1. The molecule has 0 aliphatic heterocycles. The van der Waals surface area contributed by atoms with Gasteiger partial charge in [-0.05, 0) is 24.6 Å². The van der Waals surface area contributed by atoms with Gasteiger partial charge in [-0.2, -0.15) is 0 Å². The Morgan fingerprint density at radius 1 is 1.50 bits per heavy atom. The maximum Gasteiger partial charge on any atom is 0.327 e. The number of carboxylic acid groups (broad SMARTS) is 1. The number of amides is 1. The van der Waals surface area contributed by atoms with Crippen LogP contribution in [0, 0.1) is 6.92 Å². The molecule has 1 aromatic rings. The molecule has 0 spiro atoms. The van der Waals surface area contributed by atoms with Crippen LogP contribution in [0.3, 0.4) is 0 Å². The van der Waals surface area contributed by atoms with E-state index in [-0.39, 0.29) is 11.7 Å². The number of thioether (sulfide) groups is 1. The molecule has 0 fully saturated rings. The summed E-state index contributed by atoms with van der Waals surface area (Å²) in [4.78, 5) is 22.8. The maximum atomic E-state index is 11.0. The zero-order valence-electron chi connectivity index (χ0n) is 10.3. The fourth-order valence-electron chi connectivity index (χ4n) is 1.37. The van der Waals surface area contributed by atoms with E-state index in [1.54, 1.807) is 12.1 Å². The molecule has 0 aromatic heterocycles. The molecular weight excluding hydrogens is 252 g/mol. The molecule has 1 rings (SSSR count). The Morgan fingerprint density at radius 2 is 2.17 bits per heavy atom. The third-order valence-corrected chi connectivity index (χ3v) is 3.54. The molecule has 98 valence electrons. The smallest absolute Gasteiger partial charge is 0.327 e. The second kappa shape index (κ2) is 6.30. The van der Waals surface area contributed by atoms with Crippen molar-refractivity contribution in [1.82, 2.24) is 5.32 Å². The van der Waals surface area contributed by atoms with Crippen molar-refractivity contribution in [3.05, 3.63) is 23.8 Å². The molecular formula is C12H16N2O3S. The molecule has 1 aromatic carbocycles. The van der Waals surface area contributed by atoms with Gasteiger partial charge in [0.25, 0.3) is 0 Å². The van der Waals surface area contributed by atoms with Gasteiger partial charge in [-0.3, -0.25) is 4.79 Å². The summed E-state index contributed by atoms with van der Waals surface area (Å²) in [5, 5.41) is 11.4. The molecule has 0 radical (unpaired) electrons. The van der Waals surface area contributed by atoms with Gasteiger partial charge in [0, 0.05) is 23.3 Å². The van der Waals surface area contributed by atoms with E-state index in [1.807, 2.05) is 13.0 Å². The normalized spacial score (nSPS) is 11.9. The topological polar surface area (TPSA) is 92.4 Å². The molecule has 0 aliphatic carbocycles. The Morgan fingerprint density at radius 3 is 2.72 bits per heavy atom. The standard InChI is InChI=1S/C12H16N2O3S/c1-7-3-4-9(13)5-11(7)18-6-10(12(16)17)14-8(2)15/h3-5,10H,6,13H2,1-2H3,(H,14,15)(H,16,17). The lowest BCUT2D eigenvalue weighted by atomic mass is 10.2. The molecule has 18 heavy (non-hydrogen) atoms. The van der Waals surface area contributed by atoms with Crippen molar-refractivity contribution in [2.75, 3.05) is 11.5 Å². The molecule has 1 unspecified atom stereocenters. The van der Waals surface area contributed by atoms with E-state index in [0.29, 0.717) is 5.69 Å². The maximum absolute atomic E-state index is 11.0. The van der Waals surface area contributed by atoms with E-state index in [0.717, 1.165) is 10.5 Å². The molecule has 0 saturated heterocycles. The van der Waals surface area contributed by atoms with Crippen molar-refractivity contribution in [3.63, 3.8) is 0 Å². The number of benzene rings is 1. The van der Waals surface area contributed by atoms with Crippen molar-refractivity contribution in [2.24, 2.45) is 0 Å². The largest absolute Gasteiger partial charge is 0.480 e. The van der Waals surface area contributed by atoms with E-state index in [1.165, 1.54) is 18.7 Å². The van der Waals surface area contributed by atoms with E-state index in [9.17, 15) is 9.59 Å². The number of nitrogen functional groups attached to an aromatic ring is 1. The van der Waals surface area contributed by atoms with E-state index < -0.39 is 12.0 Å². The van der Waals surface area contributed by atoms with E-state index in [2.05, 4.69) is 5.32 Å². The van der Waals surface area contributed by atoms with Crippen LogP contribution < -0.4 is 11.1 Å². The Labute approximate surface area is 110 Å². The lowest BCUT2D eigenvalue weighted by Crippen LogP contribution is -2.41. The first-order valence-electron chi connectivity index (χ1n) is 5.39. The van der Waals surface area contributed by atoms with E-state index >= 15 is 0 Å². The second-order valence-corrected chi connectivity index (χ2v) is 4.99. The lowest BCUT2D eigenvalue weighted by Gasteiger charge is -2.13.